The normalized spacial score (nSPS) is 14.5. The minimum absolute atomic E-state index is 0.0738. The summed E-state index contributed by atoms with van der Waals surface area (Å²) < 4.78 is 0. The van der Waals surface area contributed by atoms with Gasteiger partial charge >= 0.3 is 0 Å². The van der Waals surface area contributed by atoms with Crippen LogP contribution in [0.2, 0.25) is 0 Å². The first-order valence-electron chi connectivity index (χ1n) is 16.3. The minimum Gasteiger partial charge on any atom is -0.391 e. The first-order valence-corrected chi connectivity index (χ1v) is 22.7. The standard InChI is InChI=1S/C36H58N2O2S4/c1-41-43(31-33-21-13-11-14-22-33)35(39)25-19-29-37-27-17-9-7-5-3-4-6-8-10-18-28-38-30-20-26-36(40)44(42-2)32-34-23-15-12-16-24-34/h11-16,19-24,29-30,35-40H,3-10,17-18,25-28,31-32H2,1-2H3/q+2. The van der Waals surface area contributed by atoms with Crippen LogP contribution in [0, 0.1) is 0 Å². The van der Waals surface area contributed by atoms with Gasteiger partial charge in [-0.15, -0.1) is 0 Å². The summed E-state index contributed by atoms with van der Waals surface area (Å²) in [6.45, 7) is 2.03. The number of benzene rings is 2. The SMILES string of the molecule is CS[S+](Cc1ccccc1)C(O)CC=CNCCCCCCCCCCCCNC=CCC(O)[S+](Cc1ccccc1)SC. The van der Waals surface area contributed by atoms with E-state index in [2.05, 4.69) is 83.8 Å². The van der Waals surface area contributed by atoms with Gasteiger partial charge in [0.25, 0.3) is 0 Å². The maximum absolute atomic E-state index is 10.6. The van der Waals surface area contributed by atoms with Gasteiger partial charge in [-0.1, -0.05) is 124 Å². The highest BCUT2D eigenvalue weighted by atomic mass is 33.1. The number of hydrogen-bond donors (Lipinski definition) is 4. The maximum atomic E-state index is 10.6. The summed E-state index contributed by atoms with van der Waals surface area (Å²) in [5.41, 5.74) is 2.01. The fourth-order valence-corrected chi connectivity index (χ4v) is 10.9. The van der Waals surface area contributed by atoms with E-state index >= 15 is 0 Å². The number of aliphatic hydroxyl groups excluding tert-OH is 2. The number of hydrogen-bond acceptors (Lipinski definition) is 6. The maximum Gasteiger partial charge on any atom is 0.231 e. The lowest BCUT2D eigenvalue weighted by Gasteiger charge is -2.10. The first-order chi connectivity index (χ1) is 21.6. The molecule has 0 heterocycles. The molecule has 4 N–H and O–H groups in total. The molecule has 2 rings (SSSR count). The van der Waals surface area contributed by atoms with Crippen LogP contribution in [0.4, 0.5) is 0 Å². The summed E-state index contributed by atoms with van der Waals surface area (Å²) in [5.74, 6) is 1.87. The molecule has 0 amide bonds. The first kappa shape index (κ1) is 39.0. The predicted octanol–water partition coefficient (Wildman–Crippen LogP) is 8.70. The minimum atomic E-state index is -0.294. The van der Waals surface area contributed by atoms with Crippen molar-refractivity contribution in [3.63, 3.8) is 0 Å². The van der Waals surface area contributed by atoms with Crippen molar-refractivity contribution >= 4 is 41.4 Å². The van der Waals surface area contributed by atoms with Crippen molar-refractivity contribution in [3.05, 3.63) is 96.3 Å². The molecule has 0 fully saturated rings. The molecule has 0 aliphatic rings. The Balaban J connectivity index is 1.33. The van der Waals surface area contributed by atoms with Gasteiger partial charge in [-0.3, -0.25) is 0 Å². The van der Waals surface area contributed by atoms with Crippen molar-refractivity contribution in [2.75, 3.05) is 25.6 Å². The molecule has 4 unspecified atom stereocenters. The fraction of sp³-hybridized carbons (Fsp3) is 0.556. The zero-order chi connectivity index (χ0) is 31.5. The second-order valence-electron chi connectivity index (χ2n) is 11.0. The summed E-state index contributed by atoms with van der Waals surface area (Å²) >= 11 is 0. The topological polar surface area (TPSA) is 64.5 Å². The molecule has 0 saturated carbocycles. The van der Waals surface area contributed by atoms with Gasteiger partial charge in [0.15, 0.2) is 0 Å². The zero-order valence-corrected chi connectivity index (χ0v) is 30.3. The number of unbranched alkanes of at least 4 members (excludes halogenated alkanes) is 9. The van der Waals surface area contributed by atoms with Gasteiger partial charge in [0.05, 0.1) is 41.4 Å². The summed E-state index contributed by atoms with van der Waals surface area (Å²) in [4.78, 5) is 0. The van der Waals surface area contributed by atoms with Crippen molar-refractivity contribution in [2.45, 2.75) is 99.4 Å². The van der Waals surface area contributed by atoms with Gasteiger partial charge in [-0.2, -0.15) is 0 Å². The lowest BCUT2D eigenvalue weighted by Crippen LogP contribution is -2.19. The molecule has 0 bridgehead atoms. The van der Waals surface area contributed by atoms with Crippen molar-refractivity contribution < 1.29 is 10.2 Å². The van der Waals surface area contributed by atoms with Crippen molar-refractivity contribution in [1.29, 1.82) is 0 Å². The number of nitrogens with one attached hydrogen (secondary N) is 2. The summed E-state index contributed by atoms with van der Waals surface area (Å²) in [6.07, 6.45) is 26.9. The highest BCUT2D eigenvalue weighted by Crippen LogP contribution is 2.26. The molecule has 0 saturated heterocycles. The second-order valence-corrected chi connectivity index (χ2v) is 19.4. The Hall–Kier alpha value is -1.16. The van der Waals surface area contributed by atoms with Crippen LogP contribution in [0.1, 0.15) is 88.2 Å². The summed E-state index contributed by atoms with van der Waals surface area (Å²) in [7, 11) is 3.41. The molecule has 8 heteroatoms. The quantitative estimate of drug-likeness (QED) is 0.0431. The molecule has 2 aromatic rings. The third-order valence-corrected chi connectivity index (χ3v) is 15.7. The third-order valence-electron chi connectivity index (χ3n) is 7.38. The van der Waals surface area contributed by atoms with Gasteiger partial charge < -0.3 is 20.8 Å². The molecular weight excluding hydrogens is 621 g/mol. The highest BCUT2D eigenvalue weighted by Gasteiger charge is 2.29. The van der Waals surface area contributed by atoms with E-state index in [4.69, 9.17) is 0 Å². The van der Waals surface area contributed by atoms with E-state index in [0.717, 1.165) is 24.6 Å². The van der Waals surface area contributed by atoms with Gasteiger partial charge in [0.2, 0.25) is 10.9 Å². The van der Waals surface area contributed by atoms with Crippen LogP contribution in [0.3, 0.4) is 0 Å². The van der Waals surface area contributed by atoms with Crippen LogP contribution in [0.5, 0.6) is 0 Å². The lowest BCUT2D eigenvalue weighted by molar-refractivity contribution is 0.265. The largest absolute Gasteiger partial charge is 0.391 e. The van der Waals surface area contributed by atoms with Crippen LogP contribution in [-0.4, -0.2) is 46.7 Å². The average Bonchev–Trinajstić information content (AvgIpc) is 3.05. The molecule has 44 heavy (non-hydrogen) atoms. The highest BCUT2D eigenvalue weighted by molar-refractivity contribution is 8.74. The predicted molar refractivity (Wildman–Crippen MR) is 204 cm³/mol. The molecule has 246 valence electrons. The van der Waals surface area contributed by atoms with Crippen LogP contribution < -0.4 is 10.6 Å². The van der Waals surface area contributed by atoms with Crippen molar-refractivity contribution in [3.8, 4) is 0 Å². The van der Waals surface area contributed by atoms with E-state index in [-0.39, 0.29) is 30.7 Å². The Kier molecular flexibility index (Phi) is 23.9. The summed E-state index contributed by atoms with van der Waals surface area (Å²) in [5, 5.41) is 28.0. The summed E-state index contributed by atoms with van der Waals surface area (Å²) in [6, 6.07) is 20.9. The molecule has 0 spiro atoms. The average molecular weight is 679 g/mol. The zero-order valence-electron chi connectivity index (χ0n) is 27.1. The Labute approximate surface area is 282 Å². The van der Waals surface area contributed by atoms with Gasteiger partial charge in [0, 0.05) is 49.6 Å². The van der Waals surface area contributed by atoms with Crippen molar-refractivity contribution in [1.82, 2.24) is 10.6 Å². The van der Waals surface area contributed by atoms with Crippen molar-refractivity contribution in [2.24, 2.45) is 0 Å². The number of rotatable bonds is 27. The third kappa shape index (κ3) is 19.4. The van der Waals surface area contributed by atoms with E-state index in [9.17, 15) is 10.2 Å². The van der Waals surface area contributed by atoms with Crippen LogP contribution in [0.15, 0.2) is 85.2 Å². The van der Waals surface area contributed by atoms with E-state index in [1.807, 2.05) is 24.5 Å². The smallest absolute Gasteiger partial charge is 0.231 e. The van der Waals surface area contributed by atoms with E-state index in [0.29, 0.717) is 12.8 Å². The molecule has 0 aliphatic heterocycles. The van der Waals surface area contributed by atoms with Gasteiger partial charge in [-0.25, -0.2) is 0 Å². The fourth-order valence-electron chi connectivity index (χ4n) is 4.79. The monoisotopic (exact) mass is 678 g/mol. The van der Waals surface area contributed by atoms with Gasteiger partial charge in [0.1, 0.15) is 11.5 Å². The van der Waals surface area contributed by atoms with Crippen LogP contribution in [0.25, 0.3) is 0 Å². The van der Waals surface area contributed by atoms with Crippen LogP contribution in [-0.2, 0) is 31.4 Å². The van der Waals surface area contributed by atoms with E-state index < -0.39 is 0 Å². The molecule has 0 aromatic heterocycles. The molecule has 4 atom stereocenters. The Morgan fingerprint density at radius 2 is 0.909 bits per heavy atom. The second kappa shape index (κ2) is 27.0. The molecule has 0 aliphatic carbocycles. The molecular formula is C36H58N2O2S4+2. The molecule has 0 radical (unpaired) electrons. The molecule has 4 nitrogen and oxygen atoms in total. The Bertz CT molecular complexity index is 901. The molecule has 2 aromatic carbocycles. The van der Waals surface area contributed by atoms with Crippen LogP contribution >= 0.6 is 21.6 Å². The number of aliphatic hydroxyl groups is 2. The van der Waals surface area contributed by atoms with E-state index in [1.165, 1.54) is 75.3 Å². The van der Waals surface area contributed by atoms with E-state index in [1.54, 1.807) is 21.6 Å². The lowest BCUT2D eigenvalue weighted by atomic mass is 10.1. The Morgan fingerprint density at radius 1 is 0.568 bits per heavy atom. The Morgan fingerprint density at radius 3 is 1.25 bits per heavy atom. The van der Waals surface area contributed by atoms with Gasteiger partial charge in [-0.05, 0) is 25.2 Å².